The largest absolute Gasteiger partial charge is 0.497 e. The smallest absolute Gasteiger partial charge is 0.256 e. The maximum absolute atomic E-state index is 12.8. The lowest BCUT2D eigenvalue weighted by Crippen LogP contribution is -2.35. The van der Waals surface area contributed by atoms with Crippen LogP contribution in [0.25, 0.3) is 11.2 Å². The summed E-state index contributed by atoms with van der Waals surface area (Å²) in [7, 11) is 3.31. The zero-order valence-electron chi connectivity index (χ0n) is 26.7. The number of fused-ring (bicyclic) bond motifs is 1. The summed E-state index contributed by atoms with van der Waals surface area (Å²) < 4.78 is 26.5. The van der Waals surface area contributed by atoms with E-state index in [-0.39, 0.29) is 18.2 Å². The van der Waals surface area contributed by atoms with Gasteiger partial charge in [0.2, 0.25) is 0 Å². The molecule has 10 heteroatoms. The third-order valence-electron chi connectivity index (χ3n) is 8.68. The average molecular weight is 642 g/mol. The normalized spacial score (nSPS) is 16.1. The fraction of sp³-hybridized carbons (Fsp3) is 0.211. The van der Waals surface area contributed by atoms with Gasteiger partial charge in [0.1, 0.15) is 29.7 Å². The molecule has 0 spiro atoms. The first kappa shape index (κ1) is 31.0. The van der Waals surface area contributed by atoms with Gasteiger partial charge in [-0.3, -0.25) is 9.36 Å². The number of amides is 1. The topological polar surface area (TPSA) is 110 Å². The summed E-state index contributed by atoms with van der Waals surface area (Å²) in [5.74, 6) is 1.60. The molecule has 242 valence electrons. The second-order valence-electron chi connectivity index (χ2n) is 11.5. The fourth-order valence-electron chi connectivity index (χ4n) is 6.23. The van der Waals surface area contributed by atoms with Crippen molar-refractivity contribution in [3.63, 3.8) is 0 Å². The number of nitrogens with one attached hydrogen (secondary N) is 1. The molecule has 1 saturated heterocycles. The van der Waals surface area contributed by atoms with Gasteiger partial charge in [0, 0.05) is 5.56 Å². The number of ether oxygens (including phenoxy) is 4. The lowest BCUT2D eigenvalue weighted by Gasteiger charge is -2.37. The van der Waals surface area contributed by atoms with Crippen molar-refractivity contribution in [3.8, 4) is 11.5 Å². The second-order valence-corrected chi connectivity index (χ2v) is 11.5. The summed E-state index contributed by atoms with van der Waals surface area (Å²) >= 11 is 0. The molecule has 1 aliphatic heterocycles. The summed E-state index contributed by atoms with van der Waals surface area (Å²) in [6, 6.07) is 35.1. The summed E-state index contributed by atoms with van der Waals surface area (Å²) in [5, 5.41) is 2.87. The van der Waals surface area contributed by atoms with Crippen LogP contribution in [0.1, 0.15) is 46.1 Å². The van der Waals surface area contributed by atoms with Crippen molar-refractivity contribution in [3.05, 3.63) is 144 Å². The molecule has 2 atom stereocenters. The van der Waals surface area contributed by atoms with Crippen LogP contribution in [0.2, 0.25) is 0 Å². The predicted molar refractivity (Wildman–Crippen MR) is 181 cm³/mol. The number of rotatable bonds is 11. The van der Waals surface area contributed by atoms with E-state index >= 15 is 0 Å². The molecular weight excluding hydrogens is 606 g/mol. The second kappa shape index (κ2) is 13.6. The van der Waals surface area contributed by atoms with Gasteiger partial charge in [0.15, 0.2) is 17.0 Å². The Balaban J connectivity index is 1.15. The zero-order valence-corrected chi connectivity index (χ0v) is 26.7. The van der Waals surface area contributed by atoms with E-state index in [0.717, 1.165) is 41.0 Å². The van der Waals surface area contributed by atoms with Crippen LogP contribution in [0.4, 0.5) is 5.82 Å². The third kappa shape index (κ3) is 5.99. The van der Waals surface area contributed by atoms with Crippen LogP contribution in [0.3, 0.4) is 0 Å². The Hall–Kier alpha value is -5.58. The van der Waals surface area contributed by atoms with Crippen LogP contribution in [0.15, 0.2) is 122 Å². The van der Waals surface area contributed by atoms with Gasteiger partial charge in [-0.25, -0.2) is 15.0 Å². The number of hydrogen-bond acceptors (Lipinski definition) is 8. The van der Waals surface area contributed by atoms with E-state index < -0.39 is 5.60 Å². The summed E-state index contributed by atoms with van der Waals surface area (Å²) in [4.78, 5) is 26.2. The number of benzene rings is 4. The number of hydrogen-bond donors (Lipinski definition) is 1. The van der Waals surface area contributed by atoms with Gasteiger partial charge in [-0.1, -0.05) is 72.8 Å². The van der Waals surface area contributed by atoms with Gasteiger partial charge < -0.3 is 24.3 Å². The zero-order chi connectivity index (χ0) is 32.9. The molecule has 0 saturated carbocycles. The Kier molecular flexibility index (Phi) is 8.82. The molecule has 1 aliphatic rings. The number of carbonyl (C=O) groups excluding carboxylic acids is 1. The fourth-order valence-corrected chi connectivity index (χ4v) is 6.23. The highest BCUT2D eigenvalue weighted by atomic mass is 16.6. The van der Waals surface area contributed by atoms with Gasteiger partial charge >= 0.3 is 0 Å². The van der Waals surface area contributed by atoms with Crippen LogP contribution in [0, 0.1) is 0 Å². The van der Waals surface area contributed by atoms with Crippen molar-refractivity contribution in [2.75, 3.05) is 26.1 Å². The first-order chi connectivity index (χ1) is 23.6. The van der Waals surface area contributed by atoms with E-state index in [4.69, 9.17) is 18.9 Å². The SMILES string of the molecule is COc1ccc(C(OCC2CCC(n3cnc4c(NC(=O)c5ccccc5)ncnc43)O2)(c2ccccc2)c2ccc(OC)cc2)cc1. The number of carbonyl (C=O) groups is 1. The molecule has 4 aromatic carbocycles. The molecule has 3 heterocycles. The van der Waals surface area contributed by atoms with Crippen molar-refractivity contribution < 1.29 is 23.7 Å². The van der Waals surface area contributed by atoms with Crippen molar-refractivity contribution in [1.82, 2.24) is 19.5 Å². The predicted octanol–water partition coefficient (Wildman–Crippen LogP) is 6.78. The quantitative estimate of drug-likeness (QED) is 0.154. The lowest BCUT2D eigenvalue weighted by molar-refractivity contribution is -0.0756. The van der Waals surface area contributed by atoms with Crippen molar-refractivity contribution in [1.29, 1.82) is 0 Å². The first-order valence-corrected chi connectivity index (χ1v) is 15.8. The van der Waals surface area contributed by atoms with Gasteiger partial charge in [-0.15, -0.1) is 0 Å². The lowest BCUT2D eigenvalue weighted by atomic mass is 9.80. The molecule has 0 radical (unpaired) electrons. The van der Waals surface area contributed by atoms with E-state index in [1.54, 1.807) is 32.7 Å². The molecule has 6 aromatic rings. The van der Waals surface area contributed by atoms with Crippen molar-refractivity contribution in [2.45, 2.75) is 30.8 Å². The molecular formula is C38H35N5O5. The van der Waals surface area contributed by atoms with E-state index in [9.17, 15) is 4.79 Å². The van der Waals surface area contributed by atoms with Crippen molar-refractivity contribution >= 4 is 22.9 Å². The minimum Gasteiger partial charge on any atom is -0.497 e. The van der Waals surface area contributed by atoms with Crippen LogP contribution in [-0.4, -0.2) is 52.4 Å². The van der Waals surface area contributed by atoms with Crippen LogP contribution >= 0.6 is 0 Å². The average Bonchev–Trinajstić information content (AvgIpc) is 3.81. The van der Waals surface area contributed by atoms with E-state index in [1.807, 2.05) is 89.5 Å². The molecule has 2 aromatic heterocycles. The highest BCUT2D eigenvalue weighted by molar-refractivity contribution is 6.06. The van der Waals surface area contributed by atoms with Crippen LogP contribution in [-0.2, 0) is 15.1 Å². The third-order valence-corrected chi connectivity index (χ3v) is 8.68. The highest BCUT2D eigenvalue weighted by Gasteiger charge is 2.40. The van der Waals surface area contributed by atoms with Crippen LogP contribution in [0.5, 0.6) is 11.5 Å². The van der Waals surface area contributed by atoms with E-state index in [0.29, 0.717) is 29.2 Å². The van der Waals surface area contributed by atoms with E-state index in [1.165, 1.54) is 6.33 Å². The molecule has 10 nitrogen and oxygen atoms in total. The number of anilines is 1. The Morgan fingerprint density at radius 3 is 2.02 bits per heavy atom. The van der Waals surface area contributed by atoms with Gasteiger partial charge in [0.25, 0.3) is 5.91 Å². The summed E-state index contributed by atoms with van der Waals surface area (Å²) in [6.07, 6.45) is 4.10. The number of aromatic nitrogens is 4. The molecule has 7 rings (SSSR count). The molecule has 0 bridgehead atoms. The molecule has 48 heavy (non-hydrogen) atoms. The number of imidazole rings is 1. The maximum atomic E-state index is 12.8. The number of methoxy groups -OCH3 is 2. The first-order valence-electron chi connectivity index (χ1n) is 15.8. The highest BCUT2D eigenvalue weighted by Crippen LogP contribution is 2.43. The molecule has 1 fully saturated rings. The van der Waals surface area contributed by atoms with Crippen molar-refractivity contribution in [2.24, 2.45) is 0 Å². The Morgan fingerprint density at radius 1 is 0.792 bits per heavy atom. The van der Waals surface area contributed by atoms with Gasteiger partial charge in [-0.05, 0) is 65.9 Å². The summed E-state index contributed by atoms with van der Waals surface area (Å²) in [6.45, 7) is 0.323. The Bertz CT molecular complexity index is 1930. The Labute approximate surface area is 278 Å². The molecule has 1 N–H and O–H groups in total. The Morgan fingerprint density at radius 2 is 1.40 bits per heavy atom. The molecule has 0 aliphatic carbocycles. The molecule has 1 amide bonds. The minimum absolute atomic E-state index is 0.203. The van der Waals surface area contributed by atoms with Gasteiger partial charge in [0.05, 0.1) is 33.3 Å². The minimum atomic E-state index is -0.942. The monoisotopic (exact) mass is 641 g/mol. The van der Waals surface area contributed by atoms with E-state index in [2.05, 4.69) is 32.4 Å². The maximum Gasteiger partial charge on any atom is 0.256 e. The van der Waals surface area contributed by atoms with Crippen LogP contribution < -0.4 is 14.8 Å². The van der Waals surface area contributed by atoms with Gasteiger partial charge in [-0.2, -0.15) is 0 Å². The summed E-state index contributed by atoms with van der Waals surface area (Å²) in [5.41, 5.74) is 3.55. The molecule has 2 unspecified atom stereocenters. The standard InChI is InChI=1S/C38H35N5O5/c1-45-30-17-13-28(14-18-30)38(27-11-7-4-8-12-27,29-15-19-31(46-2)20-16-29)47-23-32-21-22-33(48-32)43-25-41-34-35(39-24-40-36(34)43)42-37(44)26-9-5-3-6-10-26/h3-20,24-25,32-33H,21-23H2,1-2H3,(H,39,40,42,44). The number of nitrogens with zero attached hydrogens (tertiary/aromatic N) is 4.